The van der Waals surface area contributed by atoms with Gasteiger partial charge in [0, 0.05) is 23.6 Å². The van der Waals surface area contributed by atoms with Gasteiger partial charge in [-0.15, -0.1) is 0 Å². The Labute approximate surface area is 421 Å². The predicted octanol–water partition coefficient (Wildman–Crippen LogP) is 7.21. The van der Waals surface area contributed by atoms with Crippen molar-refractivity contribution in [3.8, 4) is 11.5 Å². The number of carbonyl (C=O) groups excluding carboxylic acids is 5. The number of pyridine rings is 2. The third-order valence-electron chi connectivity index (χ3n) is 11.7. The maximum Gasteiger partial charge on any atom is 0.303 e. The van der Waals surface area contributed by atoms with Crippen molar-refractivity contribution >= 4 is 74.5 Å². The van der Waals surface area contributed by atoms with Crippen LogP contribution in [0, 0.1) is 35.1 Å². The zero-order chi connectivity index (χ0) is 53.8. The molecule has 0 aliphatic heterocycles. The van der Waals surface area contributed by atoms with Crippen LogP contribution < -0.4 is 30.7 Å². The van der Waals surface area contributed by atoms with Gasteiger partial charge in [0.05, 0.1) is 23.1 Å². The number of aliphatic carboxylic acids is 2. The lowest BCUT2D eigenvalue weighted by Gasteiger charge is -2.30. The van der Waals surface area contributed by atoms with E-state index in [-0.39, 0.29) is 11.6 Å². The van der Waals surface area contributed by atoms with Crippen LogP contribution >= 0.6 is 0 Å². The molecule has 4 aromatic carbocycles. The van der Waals surface area contributed by atoms with E-state index in [0.29, 0.717) is 35.3 Å². The van der Waals surface area contributed by atoms with Crippen molar-refractivity contribution in [1.29, 1.82) is 0 Å². The molecule has 74 heavy (non-hydrogen) atoms. The molecule has 388 valence electrons. The highest BCUT2D eigenvalue weighted by atomic mass is 19.1. The molecule has 6 unspecified atom stereocenters. The first kappa shape index (κ1) is 54.8. The van der Waals surface area contributed by atoms with E-state index < -0.39 is 150 Å². The molecule has 21 heteroatoms. The molecule has 2 heterocycles. The van der Waals surface area contributed by atoms with E-state index in [1.165, 1.54) is 0 Å². The van der Waals surface area contributed by atoms with Gasteiger partial charge in [0.25, 0.3) is 0 Å². The lowest BCUT2D eigenvalue weighted by molar-refractivity contribution is -0.148. The summed E-state index contributed by atoms with van der Waals surface area (Å²) in [6.45, 7) is 6.49. The summed E-state index contributed by atoms with van der Waals surface area (Å²) in [7, 11) is 0. The molecule has 17 nitrogen and oxygen atoms in total. The lowest BCUT2D eigenvalue weighted by atomic mass is 9.91. The second kappa shape index (κ2) is 24.8. The second-order valence-corrected chi connectivity index (χ2v) is 17.8. The Bertz CT molecular complexity index is 2830. The van der Waals surface area contributed by atoms with Crippen LogP contribution in [0.5, 0.6) is 11.5 Å². The number of carboxylic acid groups (broad SMARTS) is 2. The second-order valence-electron chi connectivity index (χ2n) is 17.8. The highest BCUT2D eigenvalue weighted by Gasteiger charge is 2.47. The lowest BCUT2D eigenvalue weighted by Crippen LogP contribution is -2.59. The number of carbonyl (C=O) groups is 7. The van der Waals surface area contributed by atoms with Gasteiger partial charge in [-0.1, -0.05) is 76.2 Å². The molecule has 2 aromatic heterocycles. The van der Waals surface area contributed by atoms with Gasteiger partial charge in [0.1, 0.15) is 23.7 Å². The van der Waals surface area contributed by atoms with Gasteiger partial charge < -0.3 is 41.0 Å². The van der Waals surface area contributed by atoms with Crippen LogP contribution in [-0.2, 0) is 33.6 Å². The Kier molecular flexibility index (Phi) is 18.3. The number of Topliss-reactive ketones (excluding diaryl/α,β-unsaturated/α-hetero) is 3. The average Bonchev–Trinajstić information content (AvgIpc) is 3.36. The number of amides is 2. The van der Waals surface area contributed by atoms with Crippen LogP contribution in [0.2, 0.25) is 0 Å². The Morgan fingerprint density at radius 2 is 0.838 bits per heavy atom. The first-order valence-electron chi connectivity index (χ1n) is 23.3. The minimum atomic E-state index is -2.98. The predicted molar refractivity (Wildman–Crippen MR) is 262 cm³/mol. The third-order valence-corrected chi connectivity index (χ3v) is 11.7. The number of anilines is 2. The van der Waals surface area contributed by atoms with Crippen LogP contribution in [0.3, 0.4) is 0 Å². The van der Waals surface area contributed by atoms with Crippen molar-refractivity contribution in [2.24, 2.45) is 11.8 Å². The highest BCUT2D eigenvalue weighted by molar-refractivity contribution is 6.19. The largest absolute Gasteiger partial charge is 0.481 e. The number of benzene rings is 4. The maximum atomic E-state index is 15.5. The number of hydrogen-bond donors (Lipinski definition) is 6. The molecule has 6 aromatic rings. The number of hydrogen-bond acceptors (Lipinski definition) is 13. The van der Waals surface area contributed by atoms with Gasteiger partial charge in [-0.3, -0.25) is 33.6 Å². The van der Waals surface area contributed by atoms with Crippen molar-refractivity contribution in [2.45, 2.75) is 89.8 Å². The molecule has 6 rings (SSSR count). The third kappa shape index (κ3) is 13.9. The summed E-state index contributed by atoms with van der Waals surface area (Å²) in [5.41, 5.74) is 1.10. The maximum absolute atomic E-state index is 15.5. The number of para-hydroxylation sites is 4. The van der Waals surface area contributed by atoms with E-state index in [1.54, 1.807) is 100 Å². The molecular formula is C53H52F4N6O11. The summed E-state index contributed by atoms with van der Waals surface area (Å²) in [6, 6.07) is 18.6. The number of ether oxygens (including phenoxy) is 2. The minimum absolute atomic E-state index is 0.210. The Morgan fingerprint density at radius 1 is 0.486 bits per heavy atom. The number of halogens is 4. The van der Waals surface area contributed by atoms with Crippen molar-refractivity contribution in [3.63, 3.8) is 0 Å². The number of aromatic nitrogens is 2. The standard InChI is InChI=1S/C53H52F4N6O11/c1-27(2)43(62-39-23-19-29-11-5-7-17-35(29)58-39)52(71)60-37(21-25-41(64)65)45(68)50(73-48-31(54)13-9-14-32(48)55)47(70)51(74-49-33(56)15-10-16-34(49)57)46(69)38(22-26-42(66)67)61-53(72)44(28(3)4)63-40-24-20-30-12-6-8-18-36(30)59-40/h5-20,23-24,27-28,37-38,43-44,50-51H,21-22,25-26H2,1-4H3,(H,58,62)(H,59,63)(H,60,71)(H,61,72)(H,64,65)(H,66,67). The first-order valence-corrected chi connectivity index (χ1v) is 23.3. The summed E-state index contributed by atoms with van der Waals surface area (Å²) >= 11 is 0. The van der Waals surface area contributed by atoms with Crippen LogP contribution in [0.15, 0.2) is 109 Å². The molecule has 0 aliphatic rings. The van der Waals surface area contributed by atoms with Crippen molar-refractivity contribution in [1.82, 2.24) is 20.6 Å². The number of nitrogens with one attached hydrogen (secondary N) is 4. The Balaban J connectivity index is 1.41. The van der Waals surface area contributed by atoms with E-state index in [9.17, 15) is 39.0 Å². The molecule has 0 aliphatic carbocycles. The van der Waals surface area contributed by atoms with E-state index in [0.717, 1.165) is 22.9 Å². The van der Waals surface area contributed by atoms with Crippen LogP contribution in [-0.4, -0.2) is 97.7 Å². The van der Waals surface area contributed by atoms with Gasteiger partial charge in [0.2, 0.25) is 41.4 Å². The monoisotopic (exact) mass is 1020 g/mol. The van der Waals surface area contributed by atoms with Gasteiger partial charge in [0.15, 0.2) is 34.8 Å². The fraction of sp³-hybridized carbons (Fsp3) is 0.302. The van der Waals surface area contributed by atoms with E-state index in [1.807, 2.05) is 0 Å². The summed E-state index contributed by atoms with van der Waals surface area (Å²) in [6.07, 6.45) is -9.31. The summed E-state index contributed by atoms with van der Waals surface area (Å²) in [4.78, 5) is 107. The average molecular weight is 1030 g/mol. The number of ketones is 3. The van der Waals surface area contributed by atoms with Gasteiger partial charge >= 0.3 is 11.9 Å². The van der Waals surface area contributed by atoms with E-state index in [4.69, 9.17) is 9.47 Å². The normalized spacial score (nSPS) is 13.8. The van der Waals surface area contributed by atoms with Crippen molar-refractivity contribution < 1.29 is 70.8 Å². The SMILES string of the molecule is CC(C)C(Nc1ccc2ccccc2n1)C(=O)NC(CCC(=O)O)C(=O)C(Oc1c(F)cccc1F)C(=O)C(Oc1c(F)cccc1F)C(=O)C(CCC(=O)O)NC(=O)C(Nc1ccc2ccccc2n1)C(C)C. The minimum Gasteiger partial charge on any atom is -0.481 e. The molecule has 0 fully saturated rings. The molecular weight excluding hydrogens is 973 g/mol. The first-order chi connectivity index (χ1) is 35.2. The summed E-state index contributed by atoms with van der Waals surface area (Å²) in [5.74, 6) is -19.7. The molecule has 6 N–H and O–H groups in total. The van der Waals surface area contributed by atoms with Crippen LogP contribution in [0.4, 0.5) is 29.2 Å². The molecule has 2 amide bonds. The number of rotatable bonds is 26. The van der Waals surface area contributed by atoms with Gasteiger partial charge in [-0.25, -0.2) is 27.5 Å². The molecule has 0 bridgehead atoms. The zero-order valence-corrected chi connectivity index (χ0v) is 40.3. The smallest absolute Gasteiger partial charge is 0.303 e. The van der Waals surface area contributed by atoms with Crippen molar-refractivity contribution in [2.75, 3.05) is 10.6 Å². The zero-order valence-electron chi connectivity index (χ0n) is 40.3. The summed E-state index contributed by atoms with van der Waals surface area (Å²) < 4.78 is 72.9. The molecule has 0 saturated carbocycles. The van der Waals surface area contributed by atoms with E-state index in [2.05, 4.69) is 31.2 Å². The van der Waals surface area contributed by atoms with Crippen molar-refractivity contribution in [3.05, 3.63) is 132 Å². The molecule has 0 spiro atoms. The fourth-order valence-corrected chi connectivity index (χ4v) is 7.75. The van der Waals surface area contributed by atoms with Gasteiger partial charge in [-0.05, 0) is 85.3 Å². The number of nitrogens with zero attached hydrogens (tertiary/aromatic N) is 2. The fourth-order valence-electron chi connectivity index (χ4n) is 7.75. The molecule has 6 atom stereocenters. The quantitative estimate of drug-likeness (QED) is 0.0232. The summed E-state index contributed by atoms with van der Waals surface area (Å²) in [5, 5.41) is 31.8. The molecule has 0 radical (unpaired) electrons. The number of fused-ring (bicyclic) bond motifs is 2. The van der Waals surface area contributed by atoms with Crippen LogP contribution in [0.1, 0.15) is 53.4 Å². The Morgan fingerprint density at radius 3 is 1.18 bits per heavy atom. The van der Waals surface area contributed by atoms with Crippen LogP contribution in [0.25, 0.3) is 21.8 Å². The topological polar surface area (TPSA) is 252 Å². The number of carboxylic acids is 2. The highest BCUT2D eigenvalue weighted by Crippen LogP contribution is 2.28. The van der Waals surface area contributed by atoms with E-state index >= 15 is 22.4 Å². The Hall–Kier alpha value is -8.49. The molecule has 0 saturated heterocycles. The van der Waals surface area contributed by atoms with Gasteiger partial charge in [-0.2, -0.15) is 0 Å².